The molecule has 1 saturated carbocycles. The van der Waals surface area contributed by atoms with Crippen LogP contribution in [-0.4, -0.2) is 37.6 Å². The zero-order chi connectivity index (χ0) is 20.6. The summed E-state index contributed by atoms with van der Waals surface area (Å²) in [6.45, 7) is 4.49. The van der Waals surface area contributed by atoms with Crippen molar-refractivity contribution in [1.29, 1.82) is 0 Å². The summed E-state index contributed by atoms with van der Waals surface area (Å²) in [6, 6.07) is 13.8. The number of nitrogens with one attached hydrogen (secondary N) is 2. The number of benzene rings is 2. The predicted molar refractivity (Wildman–Crippen MR) is 111 cm³/mol. The van der Waals surface area contributed by atoms with Gasteiger partial charge in [0.2, 0.25) is 0 Å². The zero-order valence-electron chi connectivity index (χ0n) is 17.0. The number of ether oxygens (including phenoxy) is 2. The number of rotatable bonds is 10. The van der Waals surface area contributed by atoms with Gasteiger partial charge in [0.1, 0.15) is 11.5 Å². The number of amides is 2. The number of aryl methyl sites for hydroxylation is 2. The molecule has 2 aromatic carbocycles. The lowest BCUT2D eigenvalue weighted by Crippen LogP contribution is -2.30. The Kier molecular flexibility index (Phi) is 7.11. The maximum Gasteiger partial charge on any atom is 0.258 e. The standard InChI is InChI=1S/C23H28N2O4/c1-16-4-3-5-17(2)23(16)29-14-21(26)24-13-12-18-6-10-20(11-7-18)28-15-22(27)25-19-8-9-19/h3-7,10-11,19H,8-9,12-15H2,1-2H3,(H,24,26)(H,25,27). The van der Waals surface area contributed by atoms with E-state index < -0.39 is 0 Å². The molecule has 0 spiro atoms. The van der Waals surface area contributed by atoms with E-state index in [0.29, 0.717) is 24.8 Å². The summed E-state index contributed by atoms with van der Waals surface area (Å²) in [5, 5.41) is 5.76. The first-order chi connectivity index (χ1) is 14.0. The van der Waals surface area contributed by atoms with Crippen LogP contribution in [0.3, 0.4) is 0 Å². The highest BCUT2D eigenvalue weighted by atomic mass is 16.5. The molecule has 0 bridgehead atoms. The molecule has 0 radical (unpaired) electrons. The van der Waals surface area contributed by atoms with Gasteiger partial charge in [-0.25, -0.2) is 0 Å². The smallest absolute Gasteiger partial charge is 0.258 e. The summed E-state index contributed by atoms with van der Waals surface area (Å²) in [7, 11) is 0. The largest absolute Gasteiger partial charge is 0.484 e. The molecule has 2 N–H and O–H groups in total. The monoisotopic (exact) mass is 396 g/mol. The normalized spacial score (nSPS) is 12.9. The summed E-state index contributed by atoms with van der Waals surface area (Å²) < 4.78 is 11.1. The molecule has 2 aromatic rings. The van der Waals surface area contributed by atoms with E-state index in [1.165, 1.54) is 0 Å². The molecule has 2 amide bonds. The highest BCUT2D eigenvalue weighted by Crippen LogP contribution is 2.22. The third-order valence-electron chi connectivity index (χ3n) is 4.73. The summed E-state index contributed by atoms with van der Waals surface area (Å²) >= 11 is 0. The summed E-state index contributed by atoms with van der Waals surface area (Å²) in [5.74, 6) is 1.20. The molecule has 1 aliphatic carbocycles. The maximum absolute atomic E-state index is 12.0. The molecule has 0 heterocycles. The minimum absolute atomic E-state index is 0.00138. The van der Waals surface area contributed by atoms with Gasteiger partial charge in [-0.2, -0.15) is 0 Å². The van der Waals surface area contributed by atoms with Crippen LogP contribution >= 0.6 is 0 Å². The summed E-state index contributed by atoms with van der Waals surface area (Å²) in [5.41, 5.74) is 3.12. The Hall–Kier alpha value is -3.02. The Labute approximate surface area is 171 Å². The SMILES string of the molecule is Cc1cccc(C)c1OCC(=O)NCCc1ccc(OCC(=O)NC2CC2)cc1. The van der Waals surface area contributed by atoms with E-state index >= 15 is 0 Å². The van der Waals surface area contributed by atoms with Crippen LogP contribution in [0, 0.1) is 13.8 Å². The number of hydrogen-bond donors (Lipinski definition) is 2. The van der Waals surface area contributed by atoms with E-state index in [2.05, 4.69) is 10.6 Å². The van der Waals surface area contributed by atoms with Crippen molar-refractivity contribution in [1.82, 2.24) is 10.6 Å². The first-order valence-corrected chi connectivity index (χ1v) is 9.98. The second-order valence-electron chi connectivity index (χ2n) is 7.38. The zero-order valence-corrected chi connectivity index (χ0v) is 17.0. The van der Waals surface area contributed by atoms with E-state index in [1.54, 1.807) is 0 Å². The molecule has 0 aromatic heterocycles. The van der Waals surface area contributed by atoms with Crippen molar-refractivity contribution in [3.05, 3.63) is 59.2 Å². The van der Waals surface area contributed by atoms with Crippen molar-refractivity contribution >= 4 is 11.8 Å². The third-order valence-corrected chi connectivity index (χ3v) is 4.73. The molecule has 0 saturated heterocycles. The Bertz CT molecular complexity index is 824. The van der Waals surface area contributed by atoms with E-state index in [0.717, 1.165) is 35.3 Å². The topological polar surface area (TPSA) is 76.7 Å². The van der Waals surface area contributed by atoms with Crippen LogP contribution in [0.2, 0.25) is 0 Å². The van der Waals surface area contributed by atoms with Crippen molar-refractivity contribution in [2.24, 2.45) is 0 Å². The van der Waals surface area contributed by atoms with Crippen molar-refractivity contribution in [3.8, 4) is 11.5 Å². The molecule has 6 heteroatoms. The molecule has 154 valence electrons. The molecule has 1 fully saturated rings. The lowest BCUT2D eigenvalue weighted by atomic mass is 10.1. The van der Waals surface area contributed by atoms with Gasteiger partial charge in [0.05, 0.1) is 0 Å². The van der Waals surface area contributed by atoms with Crippen molar-refractivity contribution in [2.45, 2.75) is 39.2 Å². The molecule has 0 atom stereocenters. The van der Waals surface area contributed by atoms with Gasteiger partial charge in [-0.3, -0.25) is 9.59 Å². The minimum atomic E-state index is -0.144. The van der Waals surface area contributed by atoms with Crippen LogP contribution in [0.4, 0.5) is 0 Å². The lowest BCUT2D eigenvalue weighted by Gasteiger charge is -2.12. The van der Waals surface area contributed by atoms with Crippen molar-refractivity contribution in [3.63, 3.8) is 0 Å². The van der Waals surface area contributed by atoms with E-state index in [4.69, 9.17) is 9.47 Å². The van der Waals surface area contributed by atoms with Crippen molar-refractivity contribution in [2.75, 3.05) is 19.8 Å². The average Bonchev–Trinajstić information content (AvgIpc) is 3.51. The van der Waals surface area contributed by atoms with Gasteiger partial charge in [-0.05, 0) is 61.9 Å². The quantitative estimate of drug-likeness (QED) is 0.647. The Balaban J connectivity index is 1.34. The fourth-order valence-electron chi connectivity index (χ4n) is 2.96. The fourth-order valence-corrected chi connectivity index (χ4v) is 2.96. The lowest BCUT2D eigenvalue weighted by molar-refractivity contribution is -0.123. The summed E-state index contributed by atoms with van der Waals surface area (Å²) in [6.07, 6.45) is 2.83. The molecular weight excluding hydrogens is 368 g/mol. The number of hydrogen-bond acceptors (Lipinski definition) is 4. The molecule has 1 aliphatic rings. The average molecular weight is 396 g/mol. The first-order valence-electron chi connectivity index (χ1n) is 9.98. The summed E-state index contributed by atoms with van der Waals surface area (Å²) in [4.78, 5) is 23.7. The van der Waals surface area contributed by atoms with Crippen LogP contribution in [0.1, 0.15) is 29.5 Å². The molecule has 29 heavy (non-hydrogen) atoms. The second-order valence-corrected chi connectivity index (χ2v) is 7.38. The first kappa shape index (κ1) is 20.7. The van der Waals surface area contributed by atoms with Crippen molar-refractivity contribution < 1.29 is 19.1 Å². The molecule has 0 unspecified atom stereocenters. The maximum atomic E-state index is 12.0. The van der Waals surface area contributed by atoms with E-state index in [9.17, 15) is 9.59 Å². The molecular formula is C23H28N2O4. The predicted octanol–water partition coefficient (Wildman–Crippen LogP) is 2.70. The van der Waals surface area contributed by atoms with Gasteiger partial charge >= 0.3 is 0 Å². The van der Waals surface area contributed by atoms with Crippen LogP contribution in [0.15, 0.2) is 42.5 Å². The van der Waals surface area contributed by atoms with Crippen LogP contribution in [0.5, 0.6) is 11.5 Å². The fraction of sp³-hybridized carbons (Fsp3) is 0.391. The molecule has 0 aliphatic heterocycles. The van der Waals surface area contributed by atoms with Gasteiger partial charge in [-0.1, -0.05) is 30.3 Å². The Morgan fingerprint density at radius 2 is 1.59 bits per heavy atom. The Morgan fingerprint density at radius 3 is 2.24 bits per heavy atom. The highest BCUT2D eigenvalue weighted by molar-refractivity contribution is 5.78. The highest BCUT2D eigenvalue weighted by Gasteiger charge is 2.23. The minimum Gasteiger partial charge on any atom is -0.484 e. The number of para-hydroxylation sites is 1. The van der Waals surface area contributed by atoms with Gasteiger partial charge in [0.15, 0.2) is 13.2 Å². The molecule has 3 rings (SSSR count). The number of carbonyl (C=O) groups is 2. The van der Waals surface area contributed by atoms with Gasteiger partial charge < -0.3 is 20.1 Å². The van der Waals surface area contributed by atoms with Crippen LogP contribution < -0.4 is 20.1 Å². The number of carbonyl (C=O) groups excluding carboxylic acids is 2. The Morgan fingerprint density at radius 1 is 0.931 bits per heavy atom. The van der Waals surface area contributed by atoms with Crippen LogP contribution in [0.25, 0.3) is 0 Å². The molecule has 6 nitrogen and oxygen atoms in total. The van der Waals surface area contributed by atoms with E-state index in [1.807, 2.05) is 56.3 Å². The van der Waals surface area contributed by atoms with Gasteiger partial charge in [0, 0.05) is 12.6 Å². The van der Waals surface area contributed by atoms with Gasteiger partial charge in [-0.15, -0.1) is 0 Å². The third kappa shape index (κ3) is 6.82. The van der Waals surface area contributed by atoms with E-state index in [-0.39, 0.29) is 25.0 Å². The van der Waals surface area contributed by atoms with Gasteiger partial charge in [0.25, 0.3) is 11.8 Å². The van der Waals surface area contributed by atoms with Crippen LogP contribution in [-0.2, 0) is 16.0 Å². The second kappa shape index (κ2) is 9.96.